The summed E-state index contributed by atoms with van der Waals surface area (Å²) in [7, 11) is -1.69. The number of carbonyl (C=O) groups is 2. The molecule has 25 heavy (non-hydrogen) atoms. The SMILES string of the molecule is CCOP(O)CNC(=O)[C@H](CC(C)C)NC(=O)Nc1ccc(Br)cc1. The number of rotatable bonds is 9. The summed E-state index contributed by atoms with van der Waals surface area (Å²) in [5, 5.41) is 7.99. The highest BCUT2D eigenvalue weighted by Gasteiger charge is 2.22. The molecule has 1 aromatic carbocycles. The molecular formula is C16H25BrN3O4P. The zero-order chi connectivity index (χ0) is 18.8. The first-order chi connectivity index (χ1) is 11.8. The maximum atomic E-state index is 12.3. The summed E-state index contributed by atoms with van der Waals surface area (Å²) in [6.45, 7) is 6.08. The third-order valence-corrected chi connectivity index (χ3v) is 4.61. The van der Waals surface area contributed by atoms with Gasteiger partial charge in [-0.3, -0.25) is 4.79 Å². The van der Waals surface area contributed by atoms with Crippen molar-refractivity contribution in [1.29, 1.82) is 0 Å². The topological polar surface area (TPSA) is 99.7 Å². The quantitative estimate of drug-likeness (QED) is 0.448. The summed E-state index contributed by atoms with van der Waals surface area (Å²) in [5.74, 6) is -0.132. The van der Waals surface area contributed by atoms with Gasteiger partial charge in [-0.25, -0.2) is 4.79 Å². The summed E-state index contributed by atoms with van der Waals surface area (Å²) in [5.41, 5.74) is 0.625. The lowest BCUT2D eigenvalue weighted by atomic mass is 10.0. The normalized spacial score (nSPS) is 13.2. The molecule has 0 radical (unpaired) electrons. The fourth-order valence-corrected chi connectivity index (χ4v) is 2.97. The highest BCUT2D eigenvalue weighted by molar-refractivity contribution is 9.10. The number of hydrogen-bond acceptors (Lipinski definition) is 4. The van der Waals surface area contributed by atoms with Gasteiger partial charge in [0.1, 0.15) is 6.04 Å². The van der Waals surface area contributed by atoms with Crippen LogP contribution in [0.15, 0.2) is 28.7 Å². The lowest BCUT2D eigenvalue weighted by molar-refractivity contribution is -0.123. The van der Waals surface area contributed by atoms with Crippen molar-refractivity contribution in [3.63, 3.8) is 0 Å². The van der Waals surface area contributed by atoms with Gasteiger partial charge in [0.25, 0.3) is 0 Å². The number of amides is 3. The largest absolute Gasteiger partial charge is 0.349 e. The van der Waals surface area contributed by atoms with E-state index < -0.39 is 20.4 Å². The van der Waals surface area contributed by atoms with Crippen LogP contribution in [0.1, 0.15) is 27.2 Å². The summed E-state index contributed by atoms with van der Waals surface area (Å²) in [6.07, 6.45) is 0.518. The van der Waals surface area contributed by atoms with Crippen molar-refractivity contribution in [2.45, 2.75) is 33.2 Å². The second kappa shape index (κ2) is 11.4. The van der Waals surface area contributed by atoms with E-state index in [4.69, 9.17) is 4.52 Å². The second-order valence-corrected chi connectivity index (χ2v) is 7.95. The fraction of sp³-hybridized carbons (Fsp3) is 0.500. The van der Waals surface area contributed by atoms with E-state index in [0.717, 1.165) is 4.47 Å². The Hall–Kier alpha value is -1.21. The van der Waals surface area contributed by atoms with Crippen LogP contribution in [-0.2, 0) is 9.32 Å². The Morgan fingerprint density at radius 3 is 2.48 bits per heavy atom. The van der Waals surface area contributed by atoms with Gasteiger partial charge in [-0.2, -0.15) is 0 Å². The van der Waals surface area contributed by atoms with Gasteiger partial charge in [0.15, 0.2) is 8.38 Å². The van der Waals surface area contributed by atoms with Crippen LogP contribution >= 0.6 is 24.3 Å². The van der Waals surface area contributed by atoms with Crippen LogP contribution in [0.5, 0.6) is 0 Å². The van der Waals surface area contributed by atoms with Crippen LogP contribution < -0.4 is 16.0 Å². The van der Waals surface area contributed by atoms with Crippen molar-refractivity contribution < 1.29 is 19.0 Å². The lowest BCUT2D eigenvalue weighted by Gasteiger charge is -2.21. The fourth-order valence-electron chi connectivity index (χ4n) is 2.02. The Morgan fingerprint density at radius 2 is 1.92 bits per heavy atom. The number of carbonyl (C=O) groups excluding carboxylic acids is 2. The zero-order valence-electron chi connectivity index (χ0n) is 14.6. The number of urea groups is 1. The van der Waals surface area contributed by atoms with Crippen LogP contribution in [0.3, 0.4) is 0 Å². The summed E-state index contributed by atoms with van der Waals surface area (Å²) in [4.78, 5) is 34.0. The first-order valence-corrected chi connectivity index (χ1v) is 10.2. The Balaban J connectivity index is 2.59. The molecule has 0 heterocycles. The minimum Gasteiger partial charge on any atom is -0.349 e. The first kappa shape index (κ1) is 21.8. The van der Waals surface area contributed by atoms with Crippen LogP contribution in [0, 0.1) is 5.92 Å². The van der Waals surface area contributed by atoms with Crippen molar-refractivity contribution in [1.82, 2.24) is 10.6 Å². The maximum Gasteiger partial charge on any atom is 0.319 e. The molecule has 1 aromatic rings. The van der Waals surface area contributed by atoms with Crippen molar-refractivity contribution in [2.24, 2.45) is 5.92 Å². The molecule has 9 heteroatoms. The van der Waals surface area contributed by atoms with Gasteiger partial charge >= 0.3 is 6.03 Å². The molecule has 7 nitrogen and oxygen atoms in total. The van der Waals surface area contributed by atoms with E-state index in [1.54, 1.807) is 19.1 Å². The molecule has 1 unspecified atom stereocenters. The van der Waals surface area contributed by atoms with Crippen molar-refractivity contribution in [3.8, 4) is 0 Å². The molecule has 0 aromatic heterocycles. The lowest BCUT2D eigenvalue weighted by Crippen LogP contribution is -2.48. The Morgan fingerprint density at radius 1 is 1.28 bits per heavy atom. The third-order valence-electron chi connectivity index (χ3n) is 3.10. The van der Waals surface area contributed by atoms with Crippen molar-refractivity contribution >= 4 is 41.9 Å². The Kier molecular flexibility index (Phi) is 9.97. The smallest absolute Gasteiger partial charge is 0.319 e. The molecule has 0 spiro atoms. The summed E-state index contributed by atoms with van der Waals surface area (Å²) in [6, 6.07) is 5.97. The molecule has 3 amide bonds. The van der Waals surface area contributed by atoms with E-state index in [1.807, 2.05) is 26.0 Å². The van der Waals surface area contributed by atoms with Gasteiger partial charge in [0.2, 0.25) is 5.91 Å². The van der Waals surface area contributed by atoms with E-state index in [-0.39, 0.29) is 18.1 Å². The Labute approximate surface area is 158 Å². The predicted molar refractivity (Wildman–Crippen MR) is 103 cm³/mol. The average Bonchev–Trinajstić information content (AvgIpc) is 2.54. The average molecular weight is 434 g/mol. The van der Waals surface area contributed by atoms with Gasteiger partial charge in [0, 0.05) is 10.2 Å². The molecule has 2 atom stereocenters. The van der Waals surface area contributed by atoms with Gasteiger partial charge in [0.05, 0.1) is 12.9 Å². The van der Waals surface area contributed by atoms with Crippen LogP contribution in [0.4, 0.5) is 10.5 Å². The van der Waals surface area contributed by atoms with Crippen molar-refractivity contribution in [3.05, 3.63) is 28.7 Å². The molecule has 1 rings (SSSR count). The van der Waals surface area contributed by atoms with E-state index >= 15 is 0 Å². The minimum absolute atomic E-state index is 0.0343. The monoisotopic (exact) mass is 433 g/mol. The number of benzene rings is 1. The molecule has 0 saturated heterocycles. The van der Waals surface area contributed by atoms with Gasteiger partial charge in [-0.05, 0) is 43.5 Å². The number of nitrogens with one attached hydrogen (secondary N) is 3. The number of anilines is 1. The molecule has 0 saturated carbocycles. The van der Waals surface area contributed by atoms with E-state index in [2.05, 4.69) is 31.9 Å². The van der Waals surface area contributed by atoms with Crippen LogP contribution in [0.25, 0.3) is 0 Å². The molecular weight excluding hydrogens is 409 g/mol. The van der Waals surface area contributed by atoms with Gasteiger partial charge in [-0.15, -0.1) is 0 Å². The van der Waals surface area contributed by atoms with Crippen LogP contribution in [-0.4, -0.2) is 35.8 Å². The molecule has 0 fully saturated rings. The van der Waals surface area contributed by atoms with Gasteiger partial charge in [-0.1, -0.05) is 29.8 Å². The molecule has 140 valence electrons. The number of halogens is 1. The Bertz CT molecular complexity index is 557. The van der Waals surface area contributed by atoms with Crippen molar-refractivity contribution in [2.75, 3.05) is 18.2 Å². The third kappa shape index (κ3) is 9.16. The molecule has 0 bridgehead atoms. The van der Waals surface area contributed by atoms with E-state index in [9.17, 15) is 14.5 Å². The molecule has 0 aliphatic carbocycles. The summed E-state index contributed by atoms with van der Waals surface area (Å²) < 4.78 is 5.93. The summed E-state index contributed by atoms with van der Waals surface area (Å²) >= 11 is 3.33. The highest BCUT2D eigenvalue weighted by atomic mass is 79.9. The second-order valence-electron chi connectivity index (χ2n) is 5.76. The number of hydrogen-bond donors (Lipinski definition) is 4. The molecule has 0 aliphatic rings. The van der Waals surface area contributed by atoms with Crippen LogP contribution in [0.2, 0.25) is 0 Å². The minimum atomic E-state index is -1.69. The predicted octanol–water partition coefficient (Wildman–Crippen LogP) is 3.40. The van der Waals surface area contributed by atoms with E-state index in [0.29, 0.717) is 18.7 Å². The molecule has 4 N–H and O–H groups in total. The first-order valence-electron chi connectivity index (χ1n) is 8.02. The van der Waals surface area contributed by atoms with E-state index in [1.165, 1.54) is 0 Å². The van der Waals surface area contributed by atoms with Gasteiger partial charge < -0.3 is 25.4 Å². The highest BCUT2D eigenvalue weighted by Crippen LogP contribution is 2.28. The zero-order valence-corrected chi connectivity index (χ0v) is 17.1. The standard InChI is InChI=1S/C16H25BrN3O4P/c1-4-24-25(23)10-18-15(21)14(9-11(2)3)20-16(22)19-13-7-5-12(17)6-8-13/h5-8,11,14,23H,4,9-10H2,1-3H3,(H,18,21)(H2,19,20,22)/t14-,25?/m0/s1. The molecule has 0 aliphatic heterocycles. The maximum absolute atomic E-state index is 12.3.